The lowest BCUT2D eigenvalue weighted by atomic mass is 10.2. The second kappa shape index (κ2) is 7.87. The Labute approximate surface area is 168 Å². The molecule has 4 rings (SSSR count). The monoisotopic (exact) mass is 389 g/mol. The largest absolute Gasteiger partial charge is 0.342 e. The SMILES string of the molecule is C[C@H](NC(=O)c1ccc(Cl)cc1)c1nc2ccccc2n1Cc1ccccc1. The van der Waals surface area contributed by atoms with E-state index < -0.39 is 0 Å². The van der Waals surface area contributed by atoms with Gasteiger partial charge in [0.25, 0.3) is 5.91 Å². The number of carbonyl (C=O) groups excluding carboxylic acids is 1. The molecule has 4 aromatic rings. The van der Waals surface area contributed by atoms with Gasteiger partial charge in [-0.05, 0) is 48.9 Å². The van der Waals surface area contributed by atoms with Crippen LogP contribution in [0.25, 0.3) is 11.0 Å². The number of nitrogens with zero attached hydrogens (tertiary/aromatic N) is 2. The van der Waals surface area contributed by atoms with Crippen molar-refractivity contribution < 1.29 is 4.79 Å². The van der Waals surface area contributed by atoms with Gasteiger partial charge in [0.2, 0.25) is 0 Å². The van der Waals surface area contributed by atoms with Gasteiger partial charge in [0, 0.05) is 17.1 Å². The summed E-state index contributed by atoms with van der Waals surface area (Å²) in [6.07, 6.45) is 0. The van der Waals surface area contributed by atoms with Gasteiger partial charge in [-0.25, -0.2) is 4.98 Å². The number of fused-ring (bicyclic) bond motifs is 1. The van der Waals surface area contributed by atoms with Crippen molar-refractivity contribution in [2.24, 2.45) is 0 Å². The van der Waals surface area contributed by atoms with Crippen LogP contribution in [-0.2, 0) is 6.54 Å². The zero-order valence-electron chi connectivity index (χ0n) is 15.5. The molecule has 1 amide bonds. The van der Waals surface area contributed by atoms with Gasteiger partial charge in [-0.3, -0.25) is 4.79 Å². The summed E-state index contributed by atoms with van der Waals surface area (Å²) in [4.78, 5) is 17.4. The number of rotatable bonds is 5. The summed E-state index contributed by atoms with van der Waals surface area (Å²) >= 11 is 5.92. The molecule has 0 bridgehead atoms. The van der Waals surface area contributed by atoms with Crippen molar-refractivity contribution >= 4 is 28.5 Å². The molecule has 140 valence electrons. The third kappa shape index (κ3) is 3.78. The van der Waals surface area contributed by atoms with Crippen molar-refractivity contribution in [3.8, 4) is 0 Å². The van der Waals surface area contributed by atoms with Crippen LogP contribution < -0.4 is 5.32 Å². The molecule has 0 fully saturated rings. The van der Waals surface area contributed by atoms with Crippen molar-refractivity contribution in [3.63, 3.8) is 0 Å². The Balaban J connectivity index is 1.66. The molecule has 1 aromatic heterocycles. The number of hydrogen-bond acceptors (Lipinski definition) is 2. The third-order valence-electron chi connectivity index (χ3n) is 4.71. The normalized spacial score (nSPS) is 12.1. The number of amides is 1. The van der Waals surface area contributed by atoms with Crippen LogP contribution in [-0.4, -0.2) is 15.5 Å². The molecule has 0 saturated heterocycles. The first-order valence-corrected chi connectivity index (χ1v) is 9.55. The summed E-state index contributed by atoms with van der Waals surface area (Å²) in [7, 11) is 0. The standard InChI is InChI=1S/C23H20ClN3O/c1-16(25-23(28)18-11-13-19(24)14-12-18)22-26-20-9-5-6-10-21(20)27(22)15-17-7-3-2-4-8-17/h2-14,16H,15H2,1H3,(H,25,28)/t16-/m0/s1. The molecule has 0 spiro atoms. The van der Waals surface area contributed by atoms with Gasteiger partial charge in [-0.15, -0.1) is 0 Å². The first kappa shape index (κ1) is 18.3. The molecule has 5 heteroatoms. The van der Waals surface area contributed by atoms with E-state index in [1.807, 2.05) is 43.3 Å². The summed E-state index contributed by atoms with van der Waals surface area (Å²) in [6, 6.07) is 24.9. The summed E-state index contributed by atoms with van der Waals surface area (Å²) < 4.78 is 2.16. The molecular weight excluding hydrogens is 370 g/mol. The summed E-state index contributed by atoms with van der Waals surface area (Å²) in [6.45, 7) is 2.65. The van der Waals surface area contributed by atoms with Crippen LogP contribution >= 0.6 is 11.6 Å². The zero-order chi connectivity index (χ0) is 19.5. The minimum absolute atomic E-state index is 0.150. The van der Waals surface area contributed by atoms with Crippen molar-refractivity contribution in [2.75, 3.05) is 0 Å². The minimum atomic E-state index is -0.251. The predicted molar refractivity (Wildman–Crippen MR) is 113 cm³/mol. The number of para-hydroxylation sites is 2. The molecule has 0 saturated carbocycles. The molecule has 4 nitrogen and oxygen atoms in total. The van der Waals surface area contributed by atoms with Crippen molar-refractivity contribution in [2.45, 2.75) is 19.5 Å². The van der Waals surface area contributed by atoms with Gasteiger partial charge in [0.15, 0.2) is 0 Å². The molecular formula is C23H20ClN3O. The maximum Gasteiger partial charge on any atom is 0.251 e. The van der Waals surface area contributed by atoms with Crippen LogP contribution in [0.2, 0.25) is 5.02 Å². The van der Waals surface area contributed by atoms with E-state index in [4.69, 9.17) is 16.6 Å². The van der Waals surface area contributed by atoms with Crippen LogP contribution in [0.4, 0.5) is 0 Å². The fourth-order valence-corrected chi connectivity index (χ4v) is 3.43. The molecule has 0 aliphatic heterocycles. The Bertz CT molecular complexity index is 1100. The maximum absolute atomic E-state index is 12.6. The lowest BCUT2D eigenvalue weighted by Crippen LogP contribution is -2.28. The van der Waals surface area contributed by atoms with Gasteiger partial charge in [0.05, 0.1) is 17.1 Å². The van der Waals surface area contributed by atoms with E-state index in [-0.39, 0.29) is 11.9 Å². The van der Waals surface area contributed by atoms with E-state index in [1.165, 1.54) is 5.56 Å². The lowest BCUT2D eigenvalue weighted by molar-refractivity contribution is 0.0938. The second-order valence-electron chi connectivity index (χ2n) is 6.73. The maximum atomic E-state index is 12.6. The van der Waals surface area contributed by atoms with E-state index in [9.17, 15) is 4.79 Å². The highest BCUT2D eigenvalue weighted by Crippen LogP contribution is 2.23. The third-order valence-corrected chi connectivity index (χ3v) is 4.96. The molecule has 1 heterocycles. The Morgan fingerprint density at radius 3 is 2.43 bits per heavy atom. The topological polar surface area (TPSA) is 46.9 Å². The fraction of sp³-hybridized carbons (Fsp3) is 0.130. The van der Waals surface area contributed by atoms with Crippen LogP contribution in [0.15, 0.2) is 78.9 Å². The first-order valence-electron chi connectivity index (χ1n) is 9.17. The van der Waals surface area contributed by atoms with E-state index in [2.05, 4.69) is 28.1 Å². The highest BCUT2D eigenvalue weighted by Gasteiger charge is 2.19. The van der Waals surface area contributed by atoms with Crippen molar-refractivity contribution in [3.05, 3.63) is 101 Å². The van der Waals surface area contributed by atoms with Crippen LogP contribution in [0.5, 0.6) is 0 Å². The van der Waals surface area contributed by atoms with Crippen molar-refractivity contribution in [1.82, 2.24) is 14.9 Å². The van der Waals surface area contributed by atoms with Crippen LogP contribution in [0, 0.1) is 0 Å². The average molecular weight is 390 g/mol. The van der Waals surface area contributed by atoms with Gasteiger partial charge in [-0.1, -0.05) is 54.1 Å². The highest BCUT2D eigenvalue weighted by molar-refractivity contribution is 6.30. The van der Waals surface area contributed by atoms with Crippen molar-refractivity contribution in [1.29, 1.82) is 0 Å². The number of hydrogen-bond donors (Lipinski definition) is 1. The second-order valence-corrected chi connectivity index (χ2v) is 7.17. The predicted octanol–water partition coefficient (Wildman–Crippen LogP) is 5.23. The Kier molecular flexibility index (Phi) is 5.13. The van der Waals surface area contributed by atoms with Gasteiger partial charge < -0.3 is 9.88 Å². The smallest absolute Gasteiger partial charge is 0.251 e. The summed E-state index contributed by atoms with van der Waals surface area (Å²) in [5, 5.41) is 3.66. The van der Waals surface area contributed by atoms with E-state index in [0.29, 0.717) is 17.1 Å². The molecule has 0 radical (unpaired) electrons. The number of aromatic nitrogens is 2. The average Bonchev–Trinajstić information content (AvgIpc) is 3.08. The van der Waals surface area contributed by atoms with Crippen LogP contribution in [0.1, 0.15) is 34.7 Å². The minimum Gasteiger partial charge on any atom is -0.342 e. The molecule has 0 unspecified atom stereocenters. The molecule has 0 aliphatic carbocycles. The summed E-state index contributed by atoms with van der Waals surface area (Å²) in [5.74, 6) is 0.676. The lowest BCUT2D eigenvalue weighted by Gasteiger charge is -2.16. The Morgan fingerprint density at radius 1 is 1.00 bits per heavy atom. The molecule has 28 heavy (non-hydrogen) atoms. The molecule has 3 aromatic carbocycles. The Hall–Kier alpha value is -3.11. The quantitative estimate of drug-likeness (QED) is 0.508. The number of halogens is 1. The number of benzene rings is 3. The van der Waals surface area contributed by atoms with E-state index >= 15 is 0 Å². The molecule has 1 N–H and O–H groups in total. The van der Waals surface area contributed by atoms with E-state index in [1.54, 1.807) is 24.3 Å². The Morgan fingerprint density at radius 2 is 1.68 bits per heavy atom. The number of nitrogens with one attached hydrogen (secondary N) is 1. The zero-order valence-corrected chi connectivity index (χ0v) is 16.2. The van der Waals surface area contributed by atoms with Crippen LogP contribution in [0.3, 0.4) is 0 Å². The molecule has 1 atom stereocenters. The van der Waals surface area contributed by atoms with Gasteiger partial charge in [-0.2, -0.15) is 0 Å². The fourth-order valence-electron chi connectivity index (χ4n) is 3.30. The van der Waals surface area contributed by atoms with Gasteiger partial charge >= 0.3 is 0 Å². The highest BCUT2D eigenvalue weighted by atomic mass is 35.5. The number of carbonyl (C=O) groups is 1. The summed E-state index contributed by atoms with van der Waals surface area (Å²) in [5.41, 5.74) is 3.72. The molecule has 0 aliphatic rings. The van der Waals surface area contributed by atoms with E-state index in [0.717, 1.165) is 16.9 Å². The van der Waals surface area contributed by atoms with Gasteiger partial charge in [0.1, 0.15) is 5.82 Å². The first-order chi connectivity index (χ1) is 13.6. The number of imidazole rings is 1.